The van der Waals surface area contributed by atoms with Gasteiger partial charge in [0.1, 0.15) is 5.70 Å². The van der Waals surface area contributed by atoms with Crippen LogP contribution in [0.5, 0.6) is 0 Å². The van der Waals surface area contributed by atoms with Crippen molar-refractivity contribution in [3.8, 4) is 0 Å². The number of hydrogen-bond donors (Lipinski definition) is 0. The molecule has 0 bridgehead atoms. The molecule has 0 fully saturated rings. The summed E-state index contributed by atoms with van der Waals surface area (Å²) in [5, 5.41) is 10.2. The largest absolute Gasteiger partial charge is 0.288 e. The third-order valence-corrected chi connectivity index (χ3v) is 7.07. The molecule has 0 atom stereocenters. The Labute approximate surface area is 210 Å². The first kappa shape index (κ1) is 25.4. The molecular formula is C27H28Cl2N2OS. The van der Waals surface area contributed by atoms with Crippen molar-refractivity contribution in [3.63, 3.8) is 0 Å². The van der Waals surface area contributed by atoms with E-state index in [9.17, 15) is 4.79 Å². The van der Waals surface area contributed by atoms with Crippen LogP contribution >= 0.6 is 34.5 Å². The van der Waals surface area contributed by atoms with Crippen LogP contribution in [0.15, 0.2) is 62.8 Å². The molecule has 0 N–H and O–H groups in total. The molecule has 172 valence electrons. The van der Waals surface area contributed by atoms with Gasteiger partial charge in [0.15, 0.2) is 5.78 Å². The molecule has 1 heterocycles. The zero-order chi connectivity index (χ0) is 24.1. The number of benzene rings is 1. The predicted octanol–water partition coefficient (Wildman–Crippen LogP) is 9.54. The summed E-state index contributed by atoms with van der Waals surface area (Å²) in [6.07, 6.45) is 11.2. The fraction of sp³-hybridized carbons (Fsp3) is 0.296. The zero-order valence-corrected chi connectivity index (χ0v) is 22.0. The van der Waals surface area contributed by atoms with Crippen molar-refractivity contribution in [2.75, 3.05) is 0 Å². The molecule has 1 aromatic carbocycles. The quantitative estimate of drug-likeness (QED) is 0.388. The molecule has 33 heavy (non-hydrogen) atoms. The molecule has 2 aliphatic rings. The lowest BCUT2D eigenvalue weighted by molar-refractivity contribution is -0.111. The van der Waals surface area contributed by atoms with Crippen molar-refractivity contribution in [1.29, 1.82) is 0 Å². The molecule has 0 unspecified atom stereocenters. The van der Waals surface area contributed by atoms with Crippen molar-refractivity contribution < 1.29 is 4.79 Å². The van der Waals surface area contributed by atoms with Crippen LogP contribution < -0.4 is 0 Å². The Balaban J connectivity index is 0.00000149. The van der Waals surface area contributed by atoms with E-state index in [1.165, 1.54) is 10.4 Å². The molecular weight excluding hydrogens is 471 g/mol. The van der Waals surface area contributed by atoms with Gasteiger partial charge in [-0.25, -0.2) is 0 Å². The number of halogens is 2. The highest BCUT2D eigenvalue weighted by atomic mass is 35.5. The Morgan fingerprint density at radius 1 is 1.03 bits per heavy atom. The van der Waals surface area contributed by atoms with Crippen LogP contribution in [0.2, 0.25) is 5.02 Å². The fourth-order valence-corrected chi connectivity index (χ4v) is 5.56. The van der Waals surface area contributed by atoms with Crippen molar-refractivity contribution in [3.05, 3.63) is 84.1 Å². The van der Waals surface area contributed by atoms with E-state index in [2.05, 4.69) is 28.4 Å². The molecule has 0 saturated heterocycles. The van der Waals surface area contributed by atoms with Gasteiger partial charge < -0.3 is 0 Å². The lowest BCUT2D eigenvalue weighted by atomic mass is 9.99. The standard InChI is InChI=1S/C25H22Cl2N2OS.C2H6/c1-14-10-19(26)11-15(2)23(14)28-29-24(18-9-16(3)25(30)20(27)12-18)22-13-17-7-5-4-6-8-21(17)31-22;1-2/h5,7,9-13H,4,6,8H2,1-3H3;1-2H3/b24-18-,29-28?;. The molecule has 2 aromatic rings. The highest BCUT2D eigenvalue weighted by Crippen LogP contribution is 2.38. The number of nitrogens with zero attached hydrogens (tertiary/aromatic N) is 2. The SMILES string of the molecule is CC.CC1=C/C(=C(/N=Nc2c(C)cc(Cl)cc2C)c2cc3c(s2)CCCC=C3)C=C(Cl)C1=O. The van der Waals surface area contributed by atoms with Gasteiger partial charge in [-0.15, -0.1) is 21.6 Å². The smallest absolute Gasteiger partial charge is 0.200 e. The molecule has 3 nitrogen and oxygen atoms in total. The number of aryl methyl sites for hydroxylation is 3. The maximum atomic E-state index is 12.2. The third-order valence-electron chi connectivity index (χ3n) is 5.36. The van der Waals surface area contributed by atoms with E-state index >= 15 is 0 Å². The van der Waals surface area contributed by atoms with Crippen LogP contribution in [0.4, 0.5) is 5.69 Å². The number of rotatable bonds is 3. The lowest BCUT2D eigenvalue weighted by Gasteiger charge is -2.11. The molecule has 0 spiro atoms. The normalized spacial score (nSPS) is 17.1. The number of thiophene rings is 1. The molecule has 2 aliphatic carbocycles. The molecule has 4 rings (SSSR count). The van der Waals surface area contributed by atoms with Crippen molar-refractivity contribution in [2.45, 2.75) is 53.9 Å². The molecule has 0 aliphatic heterocycles. The molecule has 6 heteroatoms. The van der Waals surface area contributed by atoms with Gasteiger partial charge in [-0.3, -0.25) is 4.79 Å². The van der Waals surface area contributed by atoms with Gasteiger partial charge in [0.2, 0.25) is 0 Å². The molecule has 0 saturated carbocycles. The fourth-order valence-electron chi connectivity index (χ4n) is 3.76. The maximum absolute atomic E-state index is 12.2. The van der Waals surface area contributed by atoms with E-state index in [4.69, 9.17) is 23.2 Å². The minimum absolute atomic E-state index is 0.156. The maximum Gasteiger partial charge on any atom is 0.200 e. The summed E-state index contributed by atoms with van der Waals surface area (Å²) < 4.78 is 0. The average molecular weight is 500 g/mol. The number of fused-ring (bicyclic) bond motifs is 1. The number of Topliss-reactive ketones (excluding diaryl/α,β-unsaturated/α-hetero) is 1. The first-order valence-corrected chi connectivity index (χ1v) is 12.7. The van der Waals surface area contributed by atoms with Crippen molar-refractivity contribution in [2.24, 2.45) is 10.2 Å². The van der Waals surface area contributed by atoms with E-state index in [-0.39, 0.29) is 10.8 Å². The monoisotopic (exact) mass is 498 g/mol. The van der Waals surface area contributed by atoms with Crippen molar-refractivity contribution in [1.82, 2.24) is 0 Å². The summed E-state index contributed by atoms with van der Waals surface area (Å²) in [5.41, 5.74) is 6.03. The van der Waals surface area contributed by atoms with Gasteiger partial charge in [0, 0.05) is 15.5 Å². The van der Waals surface area contributed by atoms with E-state index in [1.807, 2.05) is 45.9 Å². The number of carbonyl (C=O) groups excluding carboxylic acids is 1. The minimum Gasteiger partial charge on any atom is -0.288 e. The highest BCUT2D eigenvalue weighted by molar-refractivity contribution is 7.13. The molecule has 1 aromatic heterocycles. The number of ketones is 1. The Morgan fingerprint density at radius 2 is 1.73 bits per heavy atom. The number of carbonyl (C=O) groups is 1. The number of azo groups is 1. The first-order valence-electron chi connectivity index (χ1n) is 11.2. The number of hydrogen-bond acceptors (Lipinski definition) is 4. The van der Waals surface area contributed by atoms with Gasteiger partial charge >= 0.3 is 0 Å². The zero-order valence-electron chi connectivity index (χ0n) is 19.6. The van der Waals surface area contributed by atoms with E-state index in [0.717, 1.165) is 46.5 Å². The number of allylic oxidation sites excluding steroid dienone is 6. The molecule has 0 radical (unpaired) electrons. The van der Waals surface area contributed by atoms with Crippen LogP contribution in [-0.4, -0.2) is 5.78 Å². The Morgan fingerprint density at radius 3 is 2.39 bits per heavy atom. The first-order chi connectivity index (χ1) is 15.8. The highest BCUT2D eigenvalue weighted by Gasteiger charge is 2.20. The van der Waals surface area contributed by atoms with Crippen LogP contribution in [-0.2, 0) is 11.2 Å². The summed E-state index contributed by atoms with van der Waals surface area (Å²) >= 11 is 14.1. The summed E-state index contributed by atoms with van der Waals surface area (Å²) in [7, 11) is 0. The van der Waals surface area contributed by atoms with Gasteiger partial charge in [-0.05, 0) is 92.6 Å². The summed E-state index contributed by atoms with van der Waals surface area (Å²) in [4.78, 5) is 14.5. The van der Waals surface area contributed by atoms with E-state index in [0.29, 0.717) is 16.3 Å². The Bertz CT molecular complexity index is 1180. The van der Waals surface area contributed by atoms with Crippen LogP contribution in [0.1, 0.15) is 60.1 Å². The van der Waals surface area contributed by atoms with Gasteiger partial charge in [0.25, 0.3) is 0 Å². The third kappa shape index (κ3) is 5.81. The summed E-state index contributed by atoms with van der Waals surface area (Å²) in [6, 6.07) is 5.92. The molecule has 0 amide bonds. The topological polar surface area (TPSA) is 41.8 Å². The van der Waals surface area contributed by atoms with Gasteiger partial charge in [-0.2, -0.15) is 0 Å². The lowest BCUT2D eigenvalue weighted by Crippen LogP contribution is -2.05. The van der Waals surface area contributed by atoms with E-state index < -0.39 is 0 Å². The van der Waals surface area contributed by atoms with Gasteiger partial charge in [-0.1, -0.05) is 49.2 Å². The van der Waals surface area contributed by atoms with Crippen LogP contribution in [0, 0.1) is 13.8 Å². The summed E-state index contributed by atoms with van der Waals surface area (Å²) in [6.45, 7) is 9.71. The summed E-state index contributed by atoms with van der Waals surface area (Å²) in [5.74, 6) is -0.156. The van der Waals surface area contributed by atoms with Crippen molar-refractivity contribution >= 4 is 57.8 Å². The second kappa shape index (κ2) is 11.2. The average Bonchev–Trinajstić information content (AvgIpc) is 3.04. The Hall–Kier alpha value is -2.27. The minimum atomic E-state index is -0.156. The van der Waals surface area contributed by atoms with Gasteiger partial charge in [0.05, 0.1) is 15.6 Å². The predicted molar refractivity (Wildman–Crippen MR) is 143 cm³/mol. The second-order valence-electron chi connectivity index (χ2n) is 7.82. The van der Waals surface area contributed by atoms with Crippen LogP contribution in [0.25, 0.3) is 11.8 Å². The second-order valence-corrected chi connectivity index (χ2v) is 9.81. The van der Waals surface area contributed by atoms with E-state index in [1.54, 1.807) is 24.3 Å². The Kier molecular flexibility index (Phi) is 8.63. The van der Waals surface area contributed by atoms with Crippen LogP contribution in [0.3, 0.4) is 0 Å².